The number of nitrogens with one attached hydrogen (secondary N) is 1. The van der Waals surface area contributed by atoms with Gasteiger partial charge in [0, 0.05) is 37.8 Å². The number of nitrogens with zero attached hydrogens (tertiary/aromatic N) is 3. The number of ether oxygens (including phenoxy) is 1. The summed E-state index contributed by atoms with van der Waals surface area (Å²) in [4.78, 5) is 31.6. The van der Waals surface area contributed by atoms with Gasteiger partial charge in [-0.05, 0) is 25.0 Å². The van der Waals surface area contributed by atoms with Crippen molar-refractivity contribution in [3.05, 3.63) is 48.0 Å². The van der Waals surface area contributed by atoms with Crippen LogP contribution in [0.15, 0.2) is 36.7 Å². The normalized spacial score (nSPS) is 21.5. The molecule has 1 saturated heterocycles. The number of amides is 2. The molecular formula is C22H28N4O3. The standard InChI is InChI=1S/C22H28N4O3/c1-16(2)20-23-10-13-25(20)12-8-19(27)26-11-5-9-22(15-26)14-24-21(28)17-6-3-4-7-18(17)29-22/h3-4,6-7,10,13,16H,5,8-9,11-12,14-15H2,1-2H3,(H,24,28). The van der Waals surface area contributed by atoms with Gasteiger partial charge in [-0.15, -0.1) is 0 Å². The van der Waals surface area contributed by atoms with Gasteiger partial charge in [0.1, 0.15) is 17.2 Å². The minimum absolute atomic E-state index is 0.111. The minimum Gasteiger partial charge on any atom is -0.483 e. The minimum atomic E-state index is -0.575. The van der Waals surface area contributed by atoms with E-state index in [1.165, 1.54) is 0 Å². The van der Waals surface area contributed by atoms with Crippen LogP contribution in [0.3, 0.4) is 0 Å². The third kappa shape index (κ3) is 3.99. The molecule has 1 aromatic heterocycles. The van der Waals surface area contributed by atoms with Crippen molar-refractivity contribution < 1.29 is 14.3 Å². The Bertz CT molecular complexity index is 907. The number of aryl methyl sites for hydroxylation is 1. The molecule has 4 rings (SSSR count). The second-order valence-electron chi connectivity index (χ2n) is 8.27. The van der Waals surface area contributed by atoms with E-state index in [2.05, 4.69) is 28.7 Å². The number of rotatable bonds is 4. The van der Waals surface area contributed by atoms with Crippen LogP contribution < -0.4 is 10.1 Å². The molecule has 0 bridgehead atoms. The summed E-state index contributed by atoms with van der Waals surface area (Å²) in [6.07, 6.45) is 5.81. The maximum absolute atomic E-state index is 12.9. The van der Waals surface area contributed by atoms with Gasteiger partial charge in [-0.2, -0.15) is 0 Å². The van der Waals surface area contributed by atoms with Crippen LogP contribution in [-0.4, -0.2) is 51.5 Å². The van der Waals surface area contributed by atoms with Crippen LogP contribution in [0.2, 0.25) is 0 Å². The zero-order chi connectivity index (χ0) is 20.4. The highest BCUT2D eigenvalue weighted by Gasteiger charge is 2.41. The van der Waals surface area contributed by atoms with Crippen LogP contribution in [0.5, 0.6) is 5.75 Å². The van der Waals surface area contributed by atoms with E-state index in [1.807, 2.05) is 29.3 Å². The van der Waals surface area contributed by atoms with Gasteiger partial charge in [0.25, 0.3) is 5.91 Å². The van der Waals surface area contributed by atoms with Gasteiger partial charge < -0.3 is 19.5 Å². The average molecular weight is 396 g/mol. The first kappa shape index (κ1) is 19.5. The molecule has 2 aliphatic rings. The van der Waals surface area contributed by atoms with Crippen molar-refractivity contribution in [3.63, 3.8) is 0 Å². The summed E-state index contributed by atoms with van der Waals surface area (Å²) >= 11 is 0. The summed E-state index contributed by atoms with van der Waals surface area (Å²) in [5.74, 6) is 1.90. The van der Waals surface area contributed by atoms with Crippen LogP contribution in [0.1, 0.15) is 55.2 Å². The molecule has 1 spiro atoms. The first-order valence-corrected chi connectivity index (χ1v) is 10.3. The van der Waals surface area contributed by atoms with E-state index in [1.54, 1.807) is 12.3 Å². The lowest BCUT2D eigenvalue weighted by molar-refractivity contribution is -0.137. The molecule has 1 unspecified atom stereocenters. The third-order valence-electron chi connectivity index (χ3n) is 5.75. The van der Waals surface area contributed by atoms with E-state index in [0.717, 1.165) is 25.2 Å². The summed E-state index contributed by atoms with van der Waals surface area (Å²) < 4.78 is 8.40. The predicted molar refractivity (Wildman–Crippen MR) is 109 cm³/mol. The van der Waals surface area contributed by atoms with E-state index < -0.39 is 5.60 Å². The van der Waals surface area contributed by atoms with Crippen molar-refractivity contribution >= 4 is 11.8 Å². The summed E-state index contributed by atoms with van der Waals surface area (Å²) in [6.45, 7) is 6.44. The molecule has 1 fully saturated rings. The van der Waals surface area contributed by atoms with Gasteiger partial charge in [-0.25, -0.2) is 4.98 Å². The highest BCUT2D eigenvalue weighted by Crippen LogP contribution is 2.32. The van der Waals surface area contributed by atoms with Crippen molar-refractivity contribution in [1.82, 2.24) is 19.8 Å². The summed E-state index contributed by atoms with van der Waals surface area (Å²) in [5, 5.41) is 2.98. The molecular weight excluding hydrogens is 368 g/mol. The summed E-state index contributed by atoms with van der Waals surface area (Å²) in [6, 6.07) is 7.30. The molecule has 7 nitrogen and oxygen atoms in total. The molecule has 7 heteroatoms. The Morgan fingerprint density at radius 1 is 1.34 bits per heavy atom. The number of imidazole rings is 1. The van der Waals surface area contributed by atoms with Gasteiger partial charge in [0.15, 0.2) is 0 Å². The highest BCUT2D eigenvalue weighted by atomic mass is 16.5. The van der Waals surface area contributed by atoms with Gasteiger partial charge >= 0.3 is 0 Å². The predicted octanol–water partition coefficient (Wildman–Crippen LogP) is 2.58. The zero-order valence-electron chi connectivity index (χ0n) is 17.1. The maximum Gasteiger partial charge on any atom is 0.255 e. The monoisotopic (exact) mass is 396 g/mol. The SMILES string of the molecule is CC(C)c1nccn1CCC(=O)N1CCCC2(CNC(=O)c3ccccc3O2)C1. The number of carbonyl (C=O) groups is 2. The molecule has 2 amide bonds. The Hall–Kier alpha value is -2.83. The number of piperidine rings is 1. The fourth-order valence-corrected chi connectivity index (χ4v) is 4.27. The smallest absolute Gasteiger partial charge is 0.255 e. The molecule has 0 radical (unpaired) electrons. The van der Waals surface area contributed by atoms with Gasteiger partial charge in [0.05, 0.1) is 18.7 Å². The van der Waals surface area contributed by atoms with Crippen molar-refractivity contribution in [2.24, 2.45) is 0 Å². The van der Waals surface area contributed by atoms with Crippen molar-refractivity contribution in [3.8, 4) is 5.75 Å². The first-order chi connectivity index (χ1) is 14.0. The number of aromatic nitrogens is 2. The quantitative estimate of drug-likeness (QED) is 0.862. The molecule has 2 aromatic rings. The molecule has 1 aromatic carbocycles. The van der Waals surface area contributed by atoms with Crippen LogP contribution in [0, 0.1) is 0 Å². The van der Waals surface area contributed by atoms with E-state index in [9.17, 15) is 9.59 Å². The number of benzene rings is 1. The topological polar surface area (TPSA) is 76.5 Å². The largest absolute Gasteiger partial charge is 0.483 e. The number of carbonyl (C=O) groups excluding carboxylic acids is 2. The lowest BCUT2D eigenvalue weighted by Gasteiger charge is -2.42. The molecule has 1 N–H and O–H groups in total. The van der Waals surface area contributed by atoms with Crippen LogP contribution in [0.4, 0.5) is 0 Å². The Morgan fingerprint density at radius 3 is 3.00 bits per heavy atom. The molecule has 29 heavy (non-hydrogen) atoms. The fourth-order valence-electron chi connectivity index (χ4n) is 4.27. The van der Waals surface area contributed by atoms with E-state index in [0.29, 0.717) is 43.3 Å². The molecule has 1 atom stereocenters. The number of para-hydroxylation sites is 1. The average Bonchev–Trinajstić information content (AvgIpc) is 3.15. The van der Waals surface area contributed by atoms with E-state index in [4.69, 9.17) is 4.74 Å². The van der Waals surface area contributed by atoms with Gasteiger partial charge in [0.2, 0.25) is 5.91 Å². The molecule has 0 saturated carbocycles. The van der Waals surface area contributed by atoms with Gasteiger partial charge in [-0.3, -0.25) is 9.59 Å². The van der Waals surface area contributed by atoms with Crippen LogP contribution >= 0.6 is 0 Å². The zero-order valence-corrected chi connectivity index (χ0v) is 17.1. The van der Waals surface area contributed by atoms with Crippen LogP contribution in [0.25, 0.3) is 0 Å². The Labute approximate surface area is 171 Å². The number of likely N-dealkylation sites (tertiary alicyclic amines) is 1. The molecule has 0 aliphatic carbocycles. The Balaban J connectivity index is 1.44. The lowest BCUT2D eigenvalue weighted by Crippen LogP contribution is -2.58. The van der Waals surface area contributed by atoms with Crippen molar-refractivity contribution in [2.75, 3.05) is 19.6 Å². The molecule has 3 heterocycles. The second kappa shape index (κ2) is 7.89. The van der Waals surface area contributed by atoms with E-state index in [-0.39, 0.29) is 11.8 Å². The highest BCUT2D eigenvalue weighted by molar-refractivity contribution is 5.97. The maximum atomic E-state index is 12.9. The van der Waals surface area contributed by atoms with Gasteiger partial charge in [-0.1, -0.05) is 26.0 Å². The lowest BCUT2D eigenvalue weighted by atomic mass is 9.92. The second-order valence-corrected chi connectivity index (χ2v) is 8.27. The summed E-state index contributed by atoms with van der Waals surface area (Å²) in [7, 11) is 0. The Morgan fingerprint density at radius 2 is 2.17 bits per heavy atom. The van der Waals surface area contributed by atoms with Crippen molar-refractivity contribution in [1.29, 1.82) is 0 Å². The third-order valence-corrected chi connectivity index (χ3v) is 5.75. The number of hydrogen-bond acceptors (Lipinski definition) is 4. The fraction of sp³-hybridized carbons (Fsp3) is 0.500. The Kier molecular flexibility index (Phi) is 5.30. The number of fused-ring (bicyclic) bond motifs is 1. The molecule has 154 valence electrons. The van der Waals surface area contributed by atoms with Crippen LogP contribution in [-0.2, 0) is 11.3 Å². The van der Waals surface area contributed by atoms with Crippen molar-refractivity contribution in [2.45, 2.75) is 51.2 Å². The molecule has 2 aliphatic heterocycles. The summed E-state index contributed by atoms with van der Waals surface area (Å²) in [5.41, 5.74) is -0.0250. The number of hydrogen-bond donors (Lipinski definition) is 1. The first-order valence-electron chi connectivity index (χ1n) is 10.3. The van der Waals surface area contributed by atoms with E-state index >= 15 is 0 Å².